The molecule has 9 nitrogen and oxygen atoms in total. The van der Waals surface area contributed by atoms with Crippen LogP contribution in [0.1, 0.15) is 12.0 Å². The topological polar surface area (TPSA) is 87.4 Å². The lowest BCUT2D eigenvalue weighted by Gasteiger charge is -2.38. The lowest BCUT2D eigenvalue weighted by molar-refractivity contribution is 0.158. The van der Waals surface area contributed by atoms with Gasteiger partial charge in [0.05, 0.1) is 12.2 Å². The molecular formula is C26H29N5O4. The molecule has 9 heteroatoms. The van der Waals surface area contributed by atoms with Gasteiger partial charge in [-0.25, -0.2) is 4.79 Å². The van der Waals surface area contributed by atoms with E-state index in [-0.39, 0.29) is 17.3 Å². The van der Waals surface area contributed by atoms with Crippen molar-refractivity contribution in [1.82, 2.24) is 9.47 Å². The number of pyridine rings is 1. The highest BCUT2D eigenvalue weighted by molar-refractivity contribution is 5.91. The van der Waals surface area contributed by atoms with Crippen LogP contribution in [-0.4, -0.2) is 61.4 Å². The first-order valence-corrected chi connectivity index (χ1v) is 12.0. The van der Waals surface area contributed by atoms with Crippen molar-refractivity contribution >= 4 is 33.9 Å². The first-order chi connectivity index (χ1) is 17.0. The Kier molecular flexibility index (Phi) is 6.39. The lowest BCUT2D eigenvalue weighted by atomic mass is 10.1. The number of fused-ring (bicyclic) bond motifs is 1. The van der Waals surface area contributed by atoms with Gasteiger partial charge in [-0.3, -0.25) is 4.79 Å². The van der Waals surface area contributed by atoms with E-state index in [4.69, 9.17) is 4.74 Å². The molecule has 2 aliphatic heterocycles. The molecule has 182 valence electrons. The van der Waals surface area contributed by atoms with Gasteiger partial charge in [-0.2, -0.15) is 0 Å². The average Bonchev–Trinajstić information content (AvgIpc) is 3.29. The van der Waals surface area contributed by atoms with Gasteiger partial charge in [-0.1, -0.05) is 18.2 Å². The van der Waals surface area contributed by atoms with Gasteiger partial charge in [0.1, 0.15) is 12.3 Å². The van der Waals surface area contributed by atoms with Gasteiger partial charge in [0.25, 0.3) is 5.56 Å². The van der Waals surface area contributed by atoms with Gasteiger partial charge in [-0.05, 0) is 53.7 Å². The largest absolute Gasteiger partial charge is 0.448 e. The Morgan fingerprint density at radius 2 is 1.66 bits per heavy atom. The molecule has 0 unspecified atom stereocenters. The Hall–Kier alpha value is -3.88. The average molecular weight is 476 g/mol. The number of hydrogen-bond acceptors (Lipinski definition) is 7. The molecule has 35 heavy (non-hydrogen) atoms. The summed E-state index contributed by atoms with van der Waals surface area (Å²) in [6, 6.07) is 13.8. The van der Waals surface area contributed by atoms with E-state index in [9.17, 15) is 14.5 Å². The second kappa shape index (κ2) is 9.77. The molecule has 0 radical (unpaired) electrons. The Morgan fingerprint density at radius 3 is 2.34 bits per heavy atom. The molecule has 2 fully saturated rings. The summed E-state index contributed by atoms with van der Waals surface area (Å²) in [6.07, 6.45) is 2.12. The van der Waals surface area contributed by atoms with E-state index >= 15 is 0 Å². The molecule has 1 aromatic heterocycles. The highest BCUT2D eigenvalue weighted by Gasteiger charge is 2.23. The molecule has 0 N–H and O–H groups in total. The van der Waals surface area contributed by atoms with E-state index in [2.05, 4.69) is 40.1 Å². The number of carbonyl (C=O) groups is 1. The Labute approximate surface area is 203 Å². The minimum absolute atomic E-state index is 0.160. The molecule has 1 amide bonds. The SMILES string of the molecule is Cc1ccccc1N1CCN(c2cc3ccn(CCCN4CCOC4=O)c(=O)c3cc2N=O)CC1. The Bertz CT molecular complexity index is 1310. The van der Waals surface area contributed by atoms with Crippen molar-refractivity contribution in [3.63, 3.8) is 0 Å². The maximum Gasteiger partial charge on any atom is 0.409 e. The zero-order valence-corrected chi connectivity index (χ0v) is 19.9. The van der Waals surface area contributed by atoms with Crippen LogP contribution in [0, 0.1) is 11.8 Å². The predicted octanol–water partition coefficient (Wildman–Crippen LogP) is 3.88. The molecule has 0 spiro atoms. The summed E-state index contributed by atoms with van der Waals surface area (Å²) in [7, 11) is 0. The predicted molar refractivity (Wildman–Crippen MR) is 137 cm³/mol. The summed E-state index contributed by atoms with van der Waals surface area (Å²) < 4.78 is 6.57. The van der Waals surface area contributed by atoms with E-state index < -0.39 is 0 Å². The molecule has 2 aliphatic rings. The summed E-state index contributed by atoms with van der Waals surface area (Å²) in [4.78, 5) is 42.6. The number of aryl methyl sites for hydroxylation is 2. The fraction of sp³-hybridized carbons (Fsp3) is 0.385. The number of hydrogen-bond donors (Lipinski definition) is 0. The van der Waals surface area contributed by atoms with Crippen LogP contribution in [-0.2, 0) is 11.3 Å². The standard InChI is InChI=1S/C26H29N5O4/c1-19-5-2-3-6-23(19)28-11-13-29(14-12-28)24-17-20-7-10-30(25(32)21(20)18-22(24)27-34)8-4-9-31-15-16-35-26(31)33/h2-3,5-7,10,17-18H,4,8-9,11-16H2,1H3. The zero-order chi connectivity index (χ0) is 24.4. The van der Waals surface area contributed by atoms with Crippen molar-refractivity contribution in [2.75, 3.05) is 55.7 Å². The van der Waals surface area contributed by atoms with E-state index in [0.717, 1.165) is 37.3 Å². The van der Waals surface area contributed by atoms with Crippen molar-refractivity contribution in [2.45, 2.75) is 19.9 Å². The van der Waals surface area contributed by atoms with Gasteiger partial charge in [0.15, 0.2) is 0 Å². The summed E-state index contributed by atoms with van der Waals surface area (Å²) >= 11 is 0. The Balaban J connectivity index is 1.32. The molecule has 3 heterocycles. The van der Waals surface area contributed by atoms with Crippen LogP contribution in [0.15, 0.2) is 58.6 Å². The number of ether oxygens (including phenoxy) is 1. The quantitative estimate of drug-likeness (QED) is 0.482. The van der Waals surface area contributed by atoms with E-state index in [0.29, 0.717) is 38.0 Å². The number of anilines is 2. The minimum Gasteiger partial charge on any atom is -0.448 e. The van der Waals surface area contributed by atoms with Crippen molar-refractivity contribution in [3.8, 4) is 0 Å². The number of para-hydroxylation sites is 1. The summed E-state index contributed by atoms with van der Waals surface area (Å²) in [5.41, 5.74) is 3.38. The Morgan fingerprint density at radius 1 is 0.914 bits per heavy atom. The molecule has 2 aromatic carbocycles. The number of benzene rings is 2. The maximum atomic E-state index is 13.1. The van der Waals surface area contributed by atoms with Gasteiger partial charge in [0.2, 0.25) is 0 Å². The number of nitroso groups, excluding NO2 is 1. The number of rotatable bonds is 7. The molecule has 3 aromatic rings. The van der Waals surface area contributed by atoms with Gasteiger partial charge < -0.3 is 24.0 Å². The third-order valence-electron chi connectivity index (χ3n) is 6.92. The number of amides is 1. The zero-order valence-electron chi connectivity index (χ0n) is 19.9. The van der Waals surface area contributed by atoms with Crippen molar-refractivity contribution in [3.05, 3.63) is 69.5 Å². The molecule has 0 saturated carbocycles. The van der Waals surface area contributed by atoms with Gasteiger partial charge in [0, 0.05) is 56.5 Å². The molecule has 0 atom stereocenters. The fourth-order valence-corrected chi connectivity index (χ4v) is 4.98. The molecule has 2 saturated heterocycles. The van der Waals surface area contributed by atoms with Crippen molar-refractivity contribution in [2.24, 2.45) is 5.18 Å². The highest BCUT2D eigenvalue weighted by Crippen LogP contribution is 2.34. The summed E-state index contributed by atoms with van der Waals surface area (Å²) in [5, 5.41) is 4.54. The second-order valence-electron chi connectivity index (χ2n) is 9.05. The van der Waals surface area contributed by atoms with Gasteiger partial charge >= 0.3 is 6.09 Å². The normalized spacial score (nSPS) is 16.1. The lowest BCUT2D eigenvalue weighted by Crippen LogP contribution is -2.46. The smallest absolute Gasteiger partial charge is 0.409 e. The number of carbonyl (C=O) groups excluding carboxylic acids is 1. The molecular weight excluding hydrogens is 446 g/mol. The number of piperazine rings is 1. The van der Waals surface area contributed by atoms with Crippen LogP contribution in [0.2, 0.25) is 0 Å². The van der Waals surface area contributed by atoms with Crippen LogP contribution in [0.5, 0.6) is 0 Å². The van der Waals surface area contributed by atoms with E-state index in [1.165, 1.54) is 11.3 Å². The summed E-state index contributed by atoms with van der Waals surface area (Å²) in [6.45, 7) is 7.34. The van der Waals surface area contributed by atoms with Crippen LogP contribution >= 0.6 is 0 Å². The highest BCUT2D eigenvalue weighted by atomic mass is 16.6. The van der Waals surface area contributed by atoms with Crippen molar-refractivity contribution in [1.29, 1.82) is 0 Å². The summed E-state index contributed by atoms with van der Waals surface area (Å²) in [5.74, 6) is 0. The third-order valence-corrected chi connectivity index (χ3v) is 6.92. The van der Waals surface area contributed by atoms with Crippen LogP contribution < -0.4 is 15.4 Å². The van der Waals surface area contributed by atoms with Crippen LogP contribution in [0.25, 0.3) is 10.8 Å². The first-order valence-electron chi connectivity index (χ1n) is 12.0. The van der Waals surface area contributed by atoms with Crippen LogP contribution in [0.3, 0.4) is 0 Å². The number of cyclic esters (lactones) is 1. The minimum atomic E-state index is -0.301. The molecule has 0 bridgehead atoms. The van der Waals surface area contributed by atoms with Gasteiger partial charge in [-0.15, -0.1) is 4.91 Å². The maximum absolute atomic E-state index is 13.1. The van der Waals surface area contributed by atoms with Crippen molar-refractivity contribution < 1.29 is 9.53 Å². The number of aromatic nitrogens is 1. The monoisotopic (exact) mass is 475 g/mol. The fourth-order valence-electron chi connectivity index (χ4n) is 4.98. The molecule has 0 aliphatic carbocycles. The second-order valence-corrected chi connectivity index (χ2v) is 9.05. The molecule has 5 rings (SSSR count). The third kappa shape index (κ3) is 4.58. The first kappa shape index (κ1) is 22.9. The van der Waals surface area contributed by atoms with E-state index in [1.807, 2.05) is 18.2 Å². The van der Waals surface area contributed by atoms with E-state index in [1.54, 1.807) is 21.7 Å². The van der Waals surface area contributed by atoms with Crippen LogP contribution in [0.4, 0.5) is 21.9 Å². The number of nitrogens with zero attached hydrogens (tertiary/aromatic N) is 5.